The maximum Gasteiger partial charge on any atom is 0.126 e. The second-order valence-corrected chi connectivity index (χ2v) is 4.68. The van der Waals surface area contributed by atoms with E-state index in [0.717, 1.165) is 28.8 Å². The van der Waals surface area contributed by atoms with Crippen molar-refractivity contribution in [3.05, 3.63) is 34.3 Å². The first kappa shape index (κ1) is 11.4. The molecule has 3 heteroatoms. The fourth-order valence-corrected chi connectivity index (χ4v) is 2.06. The van der Waals surface area contributed by atoms with Crippen LogP contribution in [0.4, 0.5) is 5.82 Å². The van der Waals surface area contributed by atoms with E-state index in [0.29, 0.717) is 0 Å². The highest BCUT2D eigenvalue weighted by atomic mass is 79.9. The number of aromatic nitrogens is 1. The van der Waals surface area contributed by atoms with Gasteiger partial charge >= 0.3 is 0 Å². The van der Waals surface area contributed by atoms with Crippen LogP contribution < -0.4 is 5.32 Å². The highest BCUT2D eigenvalue weighted by Gasteiger charge is 2.04. The Morgan fingerprint density at radius 2 is 2.00 bits per heavy atom. The molecule has 0 spiro atoms. The Balaban J connectivity index is 2.47. The molecule has 1 heterocycles. The number of hydrogen-bond donors (Lipinski definition) is 1. The minimum atomic E-state index is 0.945. The van der Waals surface area contributed by atoms with Crippen LogP contribution in [0.5, 0.6) is 0 Å². The maximum absolute atomic E-state index is 4.62. The molecule has 1 aromatic heterocycles. The summed E-state index contributed by atoms with van der Waals surface area (Å²) in [7, 11) is 0. The fourth-order valence-electron chi connectivity index (χ4n) is 1.61. The molecule has 2 rings (SSSR count). The largest absolute Gasteiger partial charge is 0.370 e. The second kappa shape index (κ2) is 4.83. The predicted molar refractivity (Wildman–Crippen MR) is 73.0 cm³/mol. The Morgan fingerprint density at radius 3 is 2.75 bits per heavy atom. The highest BCUT2D eigenvalue weighted by molar-refractivity contribution is 9.10. The molecule has 2 aromatic rings. The summed E-state index contributed by atoms with van der Waals surface area (Å²) in [5.41, 5.74) is 2.24. The number of benzene rings is 1. The Bertz CT molecular complexity index is 509. The molecule has 0 aliphatic carbocycles. The molecule has 1 N–H and O–H groups in total. The van der Waals surface area contributed by atoms with Gasteiger partial charge in [-0.1, -0.05) is 19.1 Å². The third-order valence-corrected chi connectivity index (χ3v) is 3.55. The van der Waals surface area contributed by atoms with Crippen molar-refractivity contribution in [1.29, 1.82) is 0 Å². The van der Waals surface area contributed by atoms with Crippen LogP contribution >= 0.6 is 15.9 Å². The summed E-state index contributed by atoms with van der Waals surface area (Å²) in [5.74, 6) is 0.945. The van der Waals surface area contributed by atoms with Crippen molar-refractivity contribution in [3.63, 3.8) is 0 Å². The van der Waals surface area contributed by atoms with E-state index in [9.17, 15) is 0 Å². The van der Waals surface area contributed by atoms with Crippen molar-refractivity contribution in [2.75, 3.05) is 11.9 Å². The predicted octanol–water partition coefficient (Wildman–Crippen LogP) is 4.13. The molecule has 0 aliphatic rings. The molecule has 0 atom stereocenters. The summed E-state index contributed by atoms with van der Waals surface area (Å²) in [4.78, 5) is 4.62. The van der Waals surface area contributed by atoms with E-state index in [1.165, 1.54) is 10.9 Å². The second-order valence-electron chi connectivity index (χ2n) is 3.89. The minimum absolute atomic E-state index is 0.945. The lowest BCUT2D eigenvalue weighted by Crippen LogP contribution is -2.01. The van der Waals surface area contributed by atoms with E-state index in [4.69, 9.17) is 0 Å². The Hall–Kier alpha value is -1.09. The Kier molecular flexibility index (Phi) is 3.44. The lowest BCUT2D eigenvalue weighted by molar-refractivity contribution is 0.971. The first-order valence-electron chi connectivity index (χ1n) is 5.52. The maximum atomic E-state index is 4.62. The van der Waals surface area contributed by atoms with Crippen LogP contribution in [0.25, 0.3) is 10.9 Å². The van der Waals surface area contributed by atoms with Gasteiger partial charge in [0.05, 0.1) is 5.52 Å². The van der Waals surface area contributed by atoms with Crippen LogP contribution in [-0.4, -0.2) is 11.5 Å². The standard InChI is InChI=1S/C13H15BrN2/c1-3-8-15-11-7-6-10-5-4-9(2)12(14)13(10)16-11/h4-7H,3,8H2,1-2H3,(H,15,16). The van der Waals surface area contributed by atoms with Gasteiger partial charge in [0, 0.05) is 16.4 Å². The van der Waals surface area contributed by atoms with Crippen LogP contribution in [-0.2, 0) is 0 Å². The van der Waals surface area contributed by atoms with Gasteiger partial charge in [-0.05, 0) is 47.0 Å². The molecule has 0 fully saturated rings. The van der Waals surface area contributed by atoms with Crippen LogP contribution in [0.15, 0.2) is 28.7 Å². The van der Waals surface area contributed by atoms with E-state index >= 15 is 0 Å². The molecule has 0 amide bonds. The Labute approximate surface area is 104 Å². The first-order chi connectivity index (χ1) is 7.72. The van der Waals surface area contributed by atoms with Gasteiger partial charge in [0.2, 0.25) is 0 Å². The third kappa shape index (κ3) is 2.19. The summed E-state index contributed by atoms with van der Waals surface area (Å²) in [6.07, 6.45) is 1.11. The van der Waals surface area contributed by atoms with E-state index in [1.54, 1.807) is 0 Å². The number of rotatable bonds is 3. The van der Waals surface area contributed by atoms with Gasteiger partial charge in [-0.3, -0.25) is 0 Å². The van der Waals surface area contributed by atoms with Crippen molar-refractivity contribution in [2.24, 2.45) is 0 Å². The molecular weight excluding hydrogens is 264 g/mol. The molecular formula is C13H15BrN2. The van der Waals surface area contributed by atoms with Gasteiger partial charge in [0.15, 0.2) is 0 Å². The SMILES string of the molecule is CCCNc1ccc2ccc(C)c(Br)c2n1. The van der Waals surface area contributed by atoms with Crippen molar-refractivity contribution < 1.29 is 0 Å². The van der Waals surface area contributed by atoms with Gasteiger partial charge in [-0.15, -0.1) is 0 Å². The summed E-state index contributed by atoms with van der Waals surface area (Å²) in [5, 5.41) is 4.47. The molecule has 0 bridgehead atoms. The van der Waals surface area contributed by atoms with Crippen molar-refractivity contribution in [1.82, 2.24) is 4.98 Å². The molecule has 0 saturated heterocycles. The zero-order valence-electron chi connectivity index (χ0n) is 9.55. The molecule has 16 heavy (non-hydrogen) atoms. The number of nitrogens with one attached hydrogen (secondary N) is 1. The van der Waals surface area contributed by atoms with E-state index in [-0.39, 0.29) is 0 Å². The van der Waals surface area contributed by atoms with E-state index < -0.39 is 0 Å². The highest BCUT2D eigenvalue weighted by Crippen LogP contribution is 2.26. The number of halogens is 1. The van der Waals surface area contributed by atoms with Crippen LogP contribution in [0.3, 0.4) is 0 Å². The van der Waals surface area contributed by atoms with Gasteiger partial charge in [0.25, 0.3) is 0 Å². The molecule has 0 unspecified atom stereocenters. The third-order valence-electron chi connectivity index (χ3n) is 2.55. The van der Waals surface area contributed by atoms with Crippen molar-refractivity contribution >= 4 is 32.7 Å². The zero-order chi connectivity index (χ0) is 11.5. The number of hydrogen-bond acceptors (Lipinski definition) is 2. The quantitative estimate of drug-likeness (QED) is 0.913. The Morgan fingerprint density at radius 1 is 1.25 bits per heavy atom. The number of anilines is 1. The summed E-state index contributed by atoms with van der Waals surface area (Å²) in [6, 6.07) is 8.34. The fraction of sp³-hybridized carbons (Fsp3) is 0.308. The first-order valence-corrected chi connectivity index (χ1v) is 6.31. The van der Waals surface area contributed by atoms with Crippen LogP contribution in [0, 0.1) is 6.92 Å². The summed E-state index contributed by atoms with van der Waals surface area (Å²) in [6.45, 7) is 5.19. The smallest absolute Gasteiger partial charge is 0.126 e. The van der Waals surface area contributed by atoms with Crippen molar-refractivity contribution in [3.8, 4) is 0 Å². The van der Waals surface area contributed by atoms with Gasteiger partial charge in [-0.25, -0.2) is 4.98 Å². The van der Waals surface area contributed by atoms with Gasteiger partial charge < -0.3 is 5.32 Å². The molecule has 0 radical (unpaired) electrons. The summed E-state index contributed by atoms with van der Waals surface area (Å²) >= 11 is 3.59. The van der Waals surface area contributed by atoms with Crippen LogP contribution in [0.2, 0.25) is 0 Å². The number of nitrogens with zero attached hydrogens (tertiary/aromatic N) is 1. The average molecular weight is 279 g/mol. The van der Waals surface area contributed by atoms with Gasteiger partial charge in [-0.2, -0.15) is 0 Å². The van der Waals surface area contributed by atoms with E-state index in [1.807, 2.05) is 6.07 Å². The minimum Gasteiger partial charge on any atom is -0.370 e. The topological polar surface area (TPSA) is 24.9 Å². The molecule has 0 aliphatic heterocycles. The zero-order valence-corrected chi connectivity index (χ0v) is 11.1. The number of aryl methyl sites for hydroxylation is 1. The molecule has 1 aromatic carbocycles. The number of fused-ring (bicyclic) bond motifs is 1. The lowest BCUT2D eigenvalue weighted by atomic mass is 10.1. The summed E-state index contributed by atoms with van der Waals surface area (Å²) < 4.78 is 1.09. The molecule has 0 saturated carbocycles. The molecule has 84 valence electrons. The average Bonchev–Trinajstić information content (AvgIpc) is 2.31. The number of pyridine rings is 1. The normalized spacial score (nSPS) is 10.7. The lowest BCUT2D eigenvalue weighted by Gasteiger charge is -2.07. The monoisotopic (exact) mass is 278 g/mol. The van der Waals surface area contributed by atoms with E-state index in [2.05, 4.69) is 58.3 Å². The van der Waals surface area contributed by atoms with Gasteiger partial charge in [0.1, 0.15) is 5.82 Å². The van der Waals surface area contributed by atoms with Crippen molar-refractivity contribution in [2.45, 2.75) is 20.3 Å². The molecule has 2 nitrogen and oxygen atoms in total. The van der Waals surface area contributed by atoms with Crippen LogP contribution in [0.1, 0.15) is 18.9 Å².